The fraction of sp³-hybridized carbons (Fsp3) is 0.500. The first-order valence-electron chi connectivity index (χ1n) is 17.0. The van der Waals surface area contributed by atoms with E-state index in [0.29, 0.717) is 13.2 Å². The van der Waals surface area contributed by atoms with Crippen LogP contribution >= 0.6 is 11.6 Å². The van der Waals surface area contributed by atoms with Gasteiger partial charge in [0.25, 0.3) is 0 Å². The molecule has 7 nitrogen and oxygen atoms in total. The number of benzene rings is 3. The van der Waals surface area contributed by atoms with Crippen LogP contribution in [0.4, 0.5) is 0 Å². The van der Waals surface area contributed by atoms with Gasteiger partial charge < -0.3 is 28.4 Å². The maximum absolute atomic E-state index is 6.55. The summed E-state index contributed by atoms with van der Waals surface area (Å²) in [4.78, 5) is 7.65. The van der Waals surface area contributed by atoms with Crippen LogP contribution in [0, 0.1) is 0 Å². The minimum Gasteiger partial charge on any atom is -0.493 e. The van der Waals surface area contributed by atoms with Gasteiger partial charge in [-0.1, -0.05) is 50.9 Å². The Kier molecular flexibility index (Phi) is 13.5. The van der Waals surface area contributed by atoms with E-state index in [2.05, 4.69) is 42.4 Å². The monoisotopic (exact) mass is 649 g/mol. The summed E-state index contributed by atoms with van der Waals surface area (Å²) in [6.07, 6.45) is 3.82. The van der Waals surface area contributed by atoms with Gasteiger partial charge in [-0.2, -0.15) is 0 Å². The second-order valence-electron chi connectivity index (χ2n) is 12.2. The van der Waals surface area contributed by atoms with E-state index in [0.717, 1.165) is 102 Å². The zero-order valence-electron chi connectivity index (χ0n) is 28.8. The van der Waals surface area contributed by atoms with E-state index in [1.54, 1.807) is 0 Å². The number of imidazole rings is 1. The topological polar surface area (TPSA) is 58.0 Å². The fourth-order valence-corrected chi connectivity index (χ4v) is 5.57. The summed E-state index contributed by atoms with van der Waals surface area (Å²) < 4.78 is 27.5. The first kappa shape index (κ1) is 35.4. The highest BCUT2D eigenvalue weighted by atomic mass is 35.5. The summed E-state index contributed by atoms with van der Waals surface area (Å²) in [7, 11) is 0. The van der Waals surface area contributed by atoms with Crippen LogP contribution in [-0.4, -0.2) is 59.5 Å². The molecular formula is C38H52ClN3O4. The SMILES string of the molecule is CCCCn1c(-c2ccc(OCCc3ccc(Cl)cc3)cc2OCCCN(CC)CC)nc2c(OC(C)C)cc(OC(C)C)cc21. The maximum atomic E-state index is 6.55. The van der Waals surface area contributed by atoms with Gasteiger partial charge in [0.05, 0.1) is 36.5 Å². The van der Waals surface area contributed by atoms with Gasteiger partial charge in [-0.15, -0.1) is 0 Å². The predicted molar refractivity (Wildman–Crippen MR) is 190 cm³/mol. The molecule has 1 aromatic heterocycles. The Labute approximate surface area is 280 Å². The van der Waals surface area contributed by atoms with Crippen molar-refractivity contribution in [1.29, 1.82) is 0 Å². The Morgan fingerprint density at radius 2 is 1.50 bits per heavy atom. The normalized spacial score (nSPS) is 11.6. The van der Waals surface area contributed by atoms with Crippen LogP contribution in [-0.2, 0) is 13.0 Å². The minimum atomic E-state index is -0.00394. The number of fused-ring (bicyclic) bond motifs is 1. The molecule has 0 radical (unpaired) electrons. The molecule has 0 N–H and O–H groups in total. The molecule has 0 fully saturated rings. The molecule has 0 amide bonds. The highest BCUT2D eigenvalue weighted by Gasteiger charge is 2.22. The van der Waals surface area contributed by atoms with Gasteiger partial charge in [-0.3, -0.25) is 0 Å². The average Bonchev–Trinajstić information content (AvgIpc) is 3.38. The van der Waals surface area contributed by atoms with Crippen LogP contribution in [0.15, 0.2) is 54.6 Å². The number of halogens is 1. The Morgan fingerprint density at radius 3 is 2.17 bits per heavy atom. The Bertz CT molecular complexity index is 1510. The van der Waals surface area contributed by atoms with Crippen molar-refractivity contribution >= 4 is 22.6 Å². The Balaban J connectivity index is 1.73. The second kappa shape index (κ2) is 17.5. The third kappa shape index (κ3) is 9.79. The second-order valence-corrected chi connectivity index (χ2v) is 12.6. The molecule has 3 aromatic carbocycles. The molecule has 8 heteroatoms. The van der Waals surface area contributed by atoms with Crippen molar-refractivity contribution < 1.29 is 18.9 Å². The number of rotatable bonds is 19. The summed E-state index contributed by atoms with van der Waals surface area (Å²) in [6.45, 7) is 19.8. The molecule has 0 saturated heterocycles. The van der Waals surface area contributed by atoms with Gasteiger partial charge in [0, 0.05) is 42.7 Å². The van der Waals surface area contributed by atoms with Crippen molar-refractivity contribution in [2.75, 3.05) is 32.8 Å². The van der Waals surface area contributed by atoms with Crippen molar-refractivity contribution in [1.82, 2.24) is 14.5 Å². The predicted octanol–water partition coefficient (Wildman–Crippen LogP) is 9.46. The van der Waals surface area contributed by atoms with Gasteiger partial charge in [0.1, 0.15) is 28.6 Å². The van der Waals surface area contributed by atoms with Crippen LogP contribution in [0.1, 0.15) is 73.3 Å². The van der Waals surface area contributed by atoms with Crippen LogP contribution in [0.3, 0.4) is 0 Å². The van der Waals surface area contributed by atoms with E-state index >= 15 is 0 Å². The number of aromatic nitrogens is 2. The van der Waals surface area contributed by atoms with Crippen molar-refractivity contribution in [2.24, 2.45) is 0 Å². The summed E-state index contributed by atoms with van der Waals surface area (Å²) in [5.41, 5.74) is 3.93. The zero-order chi connectivity index (χ0) is 33.1. The molecule has 1 heterocycles. The molecule has 0 bridgehead atoms. The number of unbranched alkanes of at least 4 members (excludes halogenated alkanes) is 1. The lowest BCUT2D eigenvalue weighted by molar-refractivity contribution is 0.231. The molecule has 0 saturated carbocycles. The number of nitrogens with zero attached hydrogens (tertiary/aromatic N) is 3. The smallest absolute Gasteiger partial charge is 0.151 e. The van der Waals surface area contributed by atoms with Crippen LogP contribution in [0.2, 0.25) is 5.02 Å². The highest BCUT2D eigenvalue weighted by molar-refractivity contribution is 6.30. The van der Waals surface area contributed by atoms with Crippen molar-refractivity contribution in [3.05, 3.63) is 65.2 Å². The third-order valence-corrected chi connectivity index (χ3v) is 8.05. The summed E-state index contributed by atoms with van der Waals surface area (Å²) >= 11 is 6.07. The lowest BCUT2D eigenvalue weighted by Crippen LogP contribution is -2.25. The van der Waals surface area contributed by atoms with Gasteiger partial charge in [0.2, 0.25) is 0 Å². The molecule has 4 aromatic rings. The van der Waals surface area contributed by atoms with E-state index in [9.17, 15) is 0 Å². The number of hydrogen-bond acceptors (Lipinski definition) is 6. The molecule has 0 spiro atoms. The Morgan fingerprint density at radius 1 is 0.783 bits per heavy atom. The van der Waals surface area contributed by atoms with Gasteiger partial charge in [0.15, 0.2) is 5.75 Å². The first-order valence-corrected chi connectivity index (χ1v) is 17.3. The van der Waals surface area contributed by atoms with Crippen molar-refractivity contribution in [3.8, 4) is 34.4 Å². The molecule has 4 rings (SSSR count). The fourth-order valence-electron chi connectivity index (χ4n) is 5.44. The Hall–Kier alpha value is -3.42. The highest BCUT2D eigenvalue weighted by Crippen LogP contribution is 2.39. The maximum Gasteiger partial charge on any atom is 0.151 e. The lowest BCUT2D eigenvalue weighted by Gasteiger charge is -2.19. The third-order valence-electron chi connectivity index (χ3n) is 7.80. The van der Waals surface area contributed by atoms with Gasteiger partial charge in [-0.25, -0.2) is 4.98 Å². The first-order chi connectivity index (χ1) is 22.2. The van der Waals surface area contributed by atoms with Crippen molar-refractivity contribution in [2.45, 2.75) is 92.9 Å². The molecule has 0 aliphatic rings. The van der Waals surface area contributed by atoms with E-state index in [1.165, 1.54) is 5.56 Å². The molecule has 0 unspecified atom stereocenters. The molecule has 46 heavy (non-hydrogen) atoms. The van der Waals surface area contributed by atoms with E-state index < -0.39 is 0 Å². The summed E-state index contributed by atoms with van der Waals surface area (Å²) in [6, 6.07) is 18.1. The standard InChI is InChI=1S/C38H52ClN3O4/c1-8-11-21-42-34-24-32(45-27(4)5)26-36(46-28(6)7)37(34)40-38(42)33-18-17-31(43-23-19-29-13-15-30(39)16-14-29)25-35(33)44-22-12-20-41(9-2)10-3/h13-18,24-28H,8-12,19-23H2,1-7H3. The zero-order valence-corrected chi connectivity index (χ0v) is 29.5. The molecule has 250 valence electrons. The van der Waals surface area contributed by atoms with Crippen LogP contribution < -0.4 is 18.9 Å². The average molecular weight is 650 g/mol. The van der Waals surface area contributed by atoms with E-state index in [1.807, 2.05) is 70.2 Å². The van der Waals surface area contributed by atoms with E-state index in [-0.39, 0.29) is 12.2 Å². The molecule has 0 aliphatic heterocycles. The molecule has 0 atom stereocenters. The van der Waals surface area contributed by atoms with Crippen molar-refractivity contribution in [3.63, 3.8) is 0 Å². The molecular weight excluding hydrogens is 598 g/mol. The van der Waals surface area contributed by atoms with Crippen LogP contribution in [0.25, 0.3) is 22.4 Å². The van der Waals surface area contributed by atoms with Gasteiger partial charge >= 0.3 is 0 Å². The van der Waals surface area contributed by atoms with Gasteiger partial charge in [-0.05, 0) is 83.5 Å². The quantitative estimate of drug-likeness (QED) is 0.0943. The summed E-state index contributed by atoms with van der Waals surface area (Å²) in [5.74, 6) is 3.89. The molecule has 0 aliphatic carbocycles. The van der Waals surface area contributed by atoms with E-state index in [4.69, 9.17) is 35.5 Å². The van der Waals surface area contributed by atoms with Crippen LogP contribution in [0.5, 0.6) is 23.0 Å². The minimum absolute atomic E-state index is 0.00394. The summed E-state index contributed by atoms with van der Waals surface area (Å²) in [5, 5.41) is 0.736. The largest absolute Gasteiger partial charge is 0.493 e. The number of ether oxygens (including phenoxy) is 4. The lowest BCUT2D eigenvalue weighted by atomic mass is 10.1. The number of aryl methyl sites for hydroxylation is 1. The number of hydrogen-bond donors (Lipinski definition) is 0.